The molecule has 0 bridgehead atoms. The Kier molecular flexibility index (Phi) is 3.88. The Labute approximate surface area is 167 Å². The van der Waals surface area contributed by atoms with Gasteiger partial charge >= 0.3 is 0 Å². The van der Waals surface area contributed by atoms with Crippen LogP contribution in [0.4, 0.5) is 0 Å². The lowest BCUT2D eigenvalue weighted by Gasteiger charge is -2.19. The number of rotatable bonds is 1. The van der Waals surface area contributed by atoms with Crippen LogP contribution in [0.1, 0.15) is 21.7 Å². The fourth-order valence-corrected chi connectivity index (χ4v) is 3.69. The molecule has 0 unspecified atom stereocenters. The molecule has 0 aliphatic carbocycles. The van der Waals surface area contributed by atoms with Gasteiger partial charge in [0.15, 0.2) is 5.82 Å². The quantitative estimate of drug-likeness (QED) is 0.503. The lowest BCUT2D eigenvalue weighted by molar-refractivity contribution is 0.0863. The van der Waals surface area contributed by atoms with Crippen molar-refractivity contribution in [2.45, 2.75) is 0 Å². The molecular formula is C24H17N3O2. The molecule has 1 aliphatic heterocycles. The van der Waals surface area contributed by atoms with Gasteiger partial charge in [0, 0.05) is 7.05 Å². The van der Waals surface area contributed by atoms with Crippen LogP contribution in [-0.4, -0.2) is 27.4 Å². The predicted molar refractivity (Wildman–Crippen MR) is 114 cm³/mol. The maximum Gasteiger partial charge on any atom is 0.266 e. The molecule has 1 amide bonds. The molecule has 0 spiro atoms. The fourth-order valence-electron chi connectivity index (χ4n) is 3.69. The predicted octanol–water partition coefficient (Wildman–Crippen LogP) is 3.97. The minimum absolute atomic E-state index is 0.184. The summed E-state index contributed by atoms with van der Waals surface area (Å²) >= 11 is 0. The maximum absolute atomic E-state index is 13.5. The van der Waals surface area contributed by atoms with E-state index in [0.29, 0.717) is 33.7 Å². The van der Waals surface area contributed by atoms with Crippen molar-refractivity contribution >= 4 is 28.6 Å². The molecule has 0 radical (unpaired) electrons. The first-order valence-corrected chi connectivity index (χ1v) is 9.31. The molecule has 0 saturated heterocycles. The normalized spacial score (nSPS) is 14.6. The van der Waals surface area contributed by atoms with E-state index in [2.05, 4.69) is 0 Å². The van der Waals surface area contributed by atoms with E-state index < -0.39 is 0 Å². The molecule has 5 heteroatoms. The summed E-state index contributed by atoms with van der Waals surface area (Å²) in [6.07, 6.45) is 1.89. The zero-order chi connectivity index (χ0) is 20.0. The lowest BCUT2D eigenvalue weighted by atomic mass is 10.1. The first-order valence-electron chi connectivity index (χ1n) is 9.31. The Morgan fingerprint density at radius 2 is 1.52 bits per heavy atom. The number of nitrogens with zero attached hydrogens (tertiary/aromatic N) is 3. The molecule has 4 aromatic rings. The zero-order valence-corrected chi connectivity index (χ0v) is 15.7. The molecule has 140 valence electrons. The van der Waals surface area contributed by atoms with Crippen LogP contribution in [0.3, 0.4) is 0 Å². The first kappa shape index (κ1) is 17.1. The van der Waals surface area contributed by atoms with Gasteiger partial charge in [-0.25, -0.2) is 4.98 Å². The molecule has 1 aliphatic rings. The van der Waals surface area contributed by atoms with Crippen molar-refractivity contribution in [1.82, 2.24) is 14.5 Å². The topological polar surface area (TPSA) is 55.2 Å². The molecular weight excluding hydrogens is 362 g/mol. The van der Waals surface area contributed by atoms with Crippen LogP contribution in [0.15, 0.2) is 83.7 Å². The summed E-state index contributed by atoms with van der Waals surface area (Å²) in [5.74, 6) is 0.259. The van der Waals surface area contributed by atoms with E-state index in [9.17, 15) is 9.59 Å². The minimum Gasteiger partial charge on any atom is -0.308 e. The van der Waals surface area contributed by atoms with Gasteiger partial charge < -0.3 is 4.90 Å². The second kappa shape index (κ2) is 6.56. The Bertz CT molecular complexity index is 1350. The molecule has 0 fully saturated rings. The van der Waals surface area contributed by atoms with Crippen LogP contribution in [-0.2, 0) is 0 Å². The van der Waals surface area contributed by atoms with Gasteiger partial charge in [0.2, 0.25) is 0 Å². The van der Waals surface area contributed by atoms with E-state index in [4.69, 9.17) is 4.98 Å². The Hall–Kier alpha value is -3.99. The summed E-state index contributed by atoms with van der Waals surface area (Å²) in [7, 11) is 1.71. The van der Waals surface area contributed by atoms with E-state index in [1.54, 1.807) is 40.8 Å². The van der Waals surface area contributed by atoms with Gasteiger partial charge in [-0.05, 0) is 35.9 Å². The standard InChI is InChI=1S/C24H17N3O2/c1-26-21(15-16-9-3-2-4-10-16)22-25-19-13-7-5-11-17(19)24(29)27(22)20-14-8-6-12-18(20)23(26)28/h2-15H,1H3. The molecule has 29 heavy (non-hydrogen) atoms. The van der Waals surface area contributed by atoms with Gasteiger partial charge in [-0.15, -0.1) is 0 Å². The van der Waals surface area contributed by atoms with Crippen LogP contribution in [0.25, 0.3) is 28.4 Å². The molecule has 0 saturated carbocycles. The highest BCUT2D eigenvalue weighted by Crippen LogP contribution is 2.30. The average Bonchev–Trinajstić information content (AvgIpc) is 2.85. The Balaban J connectivity index is 1.94. The number of hydrogen-bond acceptors (Lipinski definition) is 3. The maximum atomic E-state index is 13.5. The largest absolute Gasteiger partial charge is 0.308 e. The van der Waals surface area contributed by atoms with E-state index in [-0.39, 0.29) is 11.5 Å². The van der Waals surface area contributed by atoms with Crippen LogP contribution in [0, 0.1) is 0 Å². The van der Waals surface area contributed by atoms with Crippen molar-refractivity contribution in [3.8, 4) is 5.69 Å². The van der Waals surface area contributed by atoms with E-state index in [1.165, 1.54) is 0 Å². The van der Waals surface area contributed by atoms with Crippen molar-refractivity contribution in [2.75, 3.05) is 7.05 Å². The van der Waals surface area contributed by atoms with Crippen molar-refractivity contribution in [3.05, 3.63) is 106 Å². The van der Waals surface area contributed by atoms with Crippen molar-refractivity contribution in [3.63, 3.8) is 0 Å². The number of benzene rings is 3. The third-order valence-electron chi connectivity index (χ3n) is 5.15. The number of carbonyl (C=O) groups is 1. The number of para-hydroxylation sites is 2. The highest BCUT2D eigenvalue weighted by Gasteiger charge is 2.29. The van der Waals surface area contributed by atoms with Crippen molar-refractivity contribution in [1.29, 1.82) is 0 Å². The highest BCUT2D eigenvalue weighted by molar-refractivity contribution is 6.05. The summed E-state index contributed by atoms with van der Waals surface area (Å²) in [5, 5.41) is 0.516. The lowest BCUT2D eigenvalue weighted by Crippen LogP contribution is -2.26. The number of hydrogen-bond donors (Lipinski definition) is 0. The highest BCUT2D eigenvalue weighted by atomic mass is 16.2. The Morgan fingerprint density at radius 1 is 0.828 bits per heavy atom. The summed E-state index contributed by atoms with van der Waals surface area (Å²) in [4.78, 5) is 33.1. The molecule has 0 N–H and O–H groups in total. The molecule has 5 nitrogen and oxygen atoms in total. The fraction of sp³-hybridized carbons (Fsp3) is 0.0417. The third kappa shape index (κ3) is 2.67. The molecule has 1 aromatic heterocycles. The van der Waals surface area contributed by atoms with Gasteiger partial charge in [0.25, 0.3) is 11.5 Å². The number of carbonyl (C=O) groups excluding carboxylic acids is 1. The summed E-state index contributed by atoms with van der Waals surface area (Å²) < 4.78 is 1.55. The van der Waals surface area contributed by atoms with Gasteiger partial charge in [0.1, 0.15) is 0 Å². The smallest absolute Gasteiger partial charge is 0.266 e. The van der Waals surface area contributed by atoms with E-state index >= 15 is 0 Å². The van der Waals surface area contributed by atoms with Crippen LogP contribution >= 0.6 is 0 Å². The van der Waals surface area contributed by atoms with Crippen LogP contribution in [0.5, 0.6) is 0 Å². The number of aromatic nitrogens is 2. The van der Waals surface area contributed by atoms with Gasteiger partial charge in [0.05, 0.1) is 27.9 Å². The second-order valence-corrected chi connectivity index (χ2v) is 6.91. The summed E-state index contributed by atoms with van der Waals surface area (Å²) in [6.45, 7) is 0. The van der Waals surface area contributed by atoms with E-state index in [1.807, 2.05) is 60.7 Å². The average molecular weight is 379 g/mol. The number of fused-ring (bicyclic) bond motifs is 4. The van der Waals surface area contributed by atoms with E-state index in [0.717, 1.165) is 5.56 Å². The molecule has 3 aromatic carbocycles. The Morgan fingerprint density at radius 3 is 2.34 bits per heavy atom. The molecule has 2 heterocycles. The monoisotopic (exact) mass is 379 g/mol. The molecule has 0 atom stereocenters. The minimum atomic E-state index is -0.194. The zero-order valence-electron chi connectivity index (χ0n) is 15.7. The second-order valence-electron chi connectivity index (χ2n) is 6.91. The van der Waals surface area contributed by atoms with Gasteiger partial charge in [-0.3, -0.25) is 14.2 Å². The van der Waals surface area contributed by atoms with Crippen molar-refractivity contribution in [2.24, 2.45) is 0 Å². The third-order valence-corrected chi connectivity index (χ3v) is 5.15. The number of amides is 1. The first-order chi connectivity index (χ1) is 14.1. The van der Waals surface area contributed by atoms with Crippen LogP contribution in [0.2, 0.25) is 0 Å². The SMILES string of the molecule is CN1C(=O)c2ccccc2-n2c(nc3ccccc3c2=O)C1=Cc1ccccc1. The van der Waals surface area contributed by atoms with Crippen molar-refractivity contribution < 1.29 is 4.79 Å². The van der Waals surface area contributed by atoms with Gasteiger partial charge in [-0.2, -0.15) is 0 Å². The van der Waals surface area contributed by atoms with Crippen LogP contribution < -0.4 is 5.56 Å². The molecule has 5 rings (SSSR count). The summed E-state index contributed by atoms with van der Waals surface area (Å²) in [5.41, 5.74) is 2.90. The summed E-state index contributed by atoms with van der Waals surface area (Å²) in [6, 6.07) is 24.1. The van der Waals surface area contributed by atoms with Gasteiger partial charge in [-0.1, -0.05) is 54.6 Å².